The zero-order chi connectivity index (χ0) is 19.7. The first kappa shape index (κ1) is 19.0. The first-order chi connectivity index (χ1) is 13.4. The van der Waals surface area contributed by atoms with Gasteiger partial charge in [0.25, 0.3) is 0 Å². The number of sulfone groups is 1. The van der Waals surface area contributed by atoms with Crippen molar-refractivity contribution in [2.24, 2.45) is 0 Å². The molecule has 2 heterocycles. The number of aryl methyl sites for hydroxylation is 1. The van der Waals surface area contributed by atoms with Gasteiger partial charge in [-0.25, -0.2) is 8.42 Å². The van der Waals surface area contributed by atoms with E-state index in [1.165, 1.54) is 29.2 Å². The topological polar surface area (TPSA) is 53.2 Å². The number of rotatable bonds is 5. The lowest BCUT2D eigenvalue weighted by atomic mass is 10.0. The minimum Gasteiger partial charge on any atom is -0.361 e. The second-order valence-electron chi connectivity index (χ2n) is 7.76. The molecular formula is C23H26N2O2S. The number of aromatic nitrogens is 1. The standard InChI is InChI=1S/C23H26N2O2S/c1-17-5-8-21(9-6-17)28(26,27)13-11-18-7-10-23-22(14-18)19(16-24-23)15-20-4-3-12-25(20)2/h5-11,13-14,16,20,24H,3-4,12,15H2,1-2H3/t20-/m1/s1. The molecule has 1 atom stereocenters. The molecule has 0 saturated carbocycles. The van der Waals surface area contributed by atoms with Crippen LogP contribution >= 0.6 is 0 Å². The monoisotopic (exact) mass is 394 g/mol. The van der Waals surface area contributed by atoms with Gasteiger partial charge in [-0.1, -0.05) is 23.8 Å². The van der Waals surface area contributed by atoms with Crippen LogP contribution in [0.25, 0.3) is 17.0 Å². The van der Waals surface area contributed by atoms with Gasteiger partial charge < -0.3 is 9.88 Å². The van der Waals surface area contributed by atoms with Crippen molar-refractivity contribution >= 4 is 26.8 Å². The summed E-state index contributed by atoms with van der Waals surface area (Å²) in [5.74, 6) is 0. The van der Waals surface area contributed by atoms with E-state index in [1.807, 2.05) is 31.2 Å². The van der Waals surface area contributed by atoms with Gasteiger partial charge in [-0.05, 0) is 81.2 Å². The zero-order valence-electron chi connectivity index (χ0n) is 16.4. The summed E-state index contributed by atoms with van der Waals surface area (Å²) in [6, 6.07) is 13.6. The van der Waals surface area contributed by atoms with Crippen LogP contribution in [0.15, 0.2) is 59.0 Å². The third kappa shape index (κ3) is 3.91. The van der Waals surface area contributed by atoms with Gasteiger partial charge in [-0.15, -0.1) is 0 Å². The number of fused-ring (bicyclic) bond motifs is 1. The molecule has 0 amide bonds. The van der Waals surface area contributed by atoms with Crippen LogP contribution in [0, 0.1) is 6.92 Å². The molecule has 0 spiro atoms. The fourth-order valence-corrected chi connectivity index (χ4v) is 4.94. The summed E-state index contributed by atoms with van der Waals surface area (Å²) >= 11 is 0. The smallest absolute Gasteiger partial charge is 0.199 e. The Morgan fingerprint density at radius 3 is 2.68 bits per heavy atom. The fourth-order valence-electron chi connectivity index (χ4n) is 3.93. The van der Waals surface area contributed by atoms with E-state index in [1.54, 1.807) is 18.2 Å². The molecule has 0 bridgehead atoms. The number of benzene rings is 2. The highest BCUT2D eigenvalue weighted by Gasteiger charge is 2.22. The second-order valence-corrected chi connectivity index (χ2v) is 9.59. The summed E-state index contributed by atoms with van der Waals surface area (Å²) < 4.78 is 25.1. The molecule has 2 aromatic carbocycles. The molecule has 0 aliphatic carbocycles. The van der Waals surface area contributed by atoms with Crippen molar-refractivity contribution in [3.63, 3.8) is 0 Å². The Balaban J connectivity index is 1.59. The lowest BCUT2D eigenvalue weighted by molar-refractivity contribution is 0.310. The highest BCUT2D eigenvalue weighted by Crippen LogP contribution is 2.26. The van der Waals surface area contributed by atoms with Crippen LogP contribution in [0.1, 0.15) is 29.5 Å². The van der Waals surface area contributed by atoms with E-state index >= 15 is 0 Å². The molecule has 146 valence electrons. The number of likely N-dealkylation sites (tertiary alicyclic amines) is 1. The molecule has 1 aliphatic rings. The number of H-pyrrole nitrogens is 1. The molecule has 3 aromatic rings. The summed E-state index contributed by atoms with van der Waals surface area (Å²) in [5, 5.41) is 2.48. The lowest BCUT2D eigenvalue weighted by Gasteiger charge is -2.18. The lowest BCUT2D eigenvalue weighted by Crippen LogP contribution is -2.26. The van der Waals surface area contributed by atoms with Gasteiger partial charge in [0.2, 0.25) is 0 Å². The normalized spacial score (nSPS) is 18.4. The number of nitrogens with one attached hydrogen (secondary N) is 1. The van der Waals surface area contributed by atoms with E-state index in [0.29, 0.717) is 10.9 Å². The van der Waals surface area contributed by atoms with Gasteiger partial charge in [0, 0.05) is 28.5 Å². The number of likely N-dealkylation sites (N-methyl/N-ethyl adjacent to an activating group) is 1. The third-order valence-electron chi connectivity index (χ3n) is 5.71. The molecule has 1 aliphatic heterocycles. The minimum absolute atomic E-state index is 0.321. The first-order valence-corrected chi connectivity index (χ1v) is 11.3. The van der Waals surface area contributed by atoms with Gasteiger partial charge in [0.15, 0.2) is 9.84 Å². The van der Waals surface area contributed by atoms with Crippen LogP contribution in [0.5, 0.6) is 0 Å². The molecular weight excluding hydrogens is 368 g/mol. The maximum Gasteiger partial charge on any atom is 0.199 e. The molecule has 0 unspecified atom stereocenters. The van der Waals surface area contributed by atoms with Gasteiger partial charge in [0.05, 0.1) is 4.90 Å². The van der Waals surface area contributed by atoms with E-state index in [2.05, 4.69) is 29.2 Å². The van der Waals surface area contributed by atoms with E-state index in [0.717, 1.165) is 29.6 Å². The van der Waals surface area contributed by atoms with Crippen LogP contribution in [-0.4, -0.2) is 37.9 Å². The second kappa shape index (κ2) is 7.57. The molecule has 4 rings (SSSR count). The third-order valence-corrected chi connectivity index (χ3v) is 7.13. The molecule has 1 N–H and O–H groups in total. The van der Waals surface area contributed by atoms with Crippen LogP contribution in [-0.2, 0) is 16.3 Å². The number of nitrogens with zero attached hydrogens (tertiary/aromatic N) is 1. The molecule has 28 heavy (non-hydrogen) atoms. The van der Waals surface area contributed by atoms with Crippen LogP contribution in [0.2, 0.25) is 0 Å². The maximum absolute atomic E-state index is 12.6. The average molecular weight is 395 g/mol. The van der Waals surface area contributed by atoms with Crippen LogP contribution in [0.3, 0.4) is 0 Å². The Kier molecular flexibility index (Phi) is 5.13. The Hall–Kier alpha value is -2.37. The molecule has 1 saturated heterocycles. The van der Waals surface area contributed by atoms with E-state index < -0.39 is 9.84 Å². The van der Waals surface area contributed by atoms with Gasteiger partial charge in [-0.3, -0.25) is 0 Å². The number of hydrogen-bond donors (Lipinski definition) is 1. The van der Waals surface area contributed by atoms with Crippen molar-refractivity contribution in [2.75, 3.05) is 13.6 Å². The molecule has 4 nitrogen and oxygen atoms in total. The Morgan fingerprint density at radius 1 is 1.18 bits per heavy atom. The number of hydrogen-bond acceptors (Lipinski definition) is 3. The summed E-state index contributed by atoms with van der Waals surface area (Å²) in [5.41, 5.74) is 4.32. The predicted molar refractivity (Wildman–Crippen MR) is 115 cm³/mol. The summed E-state index contributed by atoms with van der Waals surface area (Å²) in [6.45, 7) is 3.11. The van der Waals surface area contributed by atoms with Gasteiger partial charge in [0.1, 0.15) is 0 Å². The SMILES string of the molecule is Cc1ccc(S(=O)(=O)C=Cc2ccc3[nH]cc(C[C@H]4CCCN4C)c3c2)cc1. The van der Waals surface area contributed by atoms with Crippen molar-refractivity contribution in [2.45, 2.75) is 37.1 Å². The van der Waals surface area contributed by atoms with Crippen molar-refractivity contribution in [1.29, 1.82) is 0 Å². The van der Waals surface area contributed by atoms with Crippen molar-refractivity contribution in [3.8, 4) is 0 Å². The van der Waals surface area contributed by atoms with Gasteiger partial charge in [-0.2, -0.15) is 0 Å². The molecule has 5 heteroatoms. The van der Waals surface area contributed by atoms with Crippen molar-refractivity contribution in [3.05, 3.63) is 70.8 Å². The Labute approximate surface area is 166 Å². The van der Waals surface area contributed by atoms with Crippen LogP contribution in [0.4, 0.5) is 0 Å². The minimum atomic E-state index is -3.45. The van der Waals surface area contributed by atoms with E-state index in [9.17, 15) is 8.42 Å². The molecule has 0 radical (unpaired) electrons. The summed E-state index contributed by atoms with van der Waals surface area (Å²) in [4.78, 5) is 6.10. The predicted octanol–water partition coefficient (Wildman–Crippen LogP) is 4.56. The molecule has 1 fully saturated rings. The van der Waals surface area contributed by atoms with E-state index in [4.69, 9.17) is 0 Å². The Morgan fingerprint density at radius 2 is 1.96 bits per heavy atom. The average Bonchev–Trinajstić information content (AvgIpc) is 3.27. The van der Waals surface area contributed by atoms with Gasteiger partial charge >= 0.3 is 0 Å². The van der Waals surface area contributed by atoms with E-state index in [-0.39, 0.29) is 0 Å². The highest BCUT2D eigenvalue weighted by molar-refractivity contribution is 7.94. The fraction of sp³-hybridized carbons (Fsp3) is 0.304. The summed E-state index contributed by atoms with van der Waals surface area (Å²) in [6.07, 6.45) is 7.29. The summed E-state index contributed by atoms with van der Waals surface area (Å²) in [7, 11) is -1.26. The van der Waals surface area contributed by atoms with Crippen molar-refractivity contribution in [1.82, 2.24) is 9.88 Å². The zero-order valence-corrected chi connectivity index (χ0v) is 17.2. The number of aromatic amines is 1. The quantitative estimate of drug-likeness (QED) is 0.690. The largest absolute Gasteiger partial charge is 0.361 e. The Bertz CT molecular complexity index is 1110. The first-order valence-electron chi connectivity index (χ1n) is 9.72. The maximum atomic E-state index is 12.6. The van der Waals surface area contributed by atoms with Crippen molar-refractivity contribution < 1.29 is 8.42 Å². The molecule has 1 aromatic heterocycles. The highest BCUT2D eigenvalue weighted by atomic mass is 32.2. The van der Waals surface area contributed by atoms with Crippen LogP contribution < -0.4 is 0 Å².